The highest BCUT2D eigenvalue weighted by Gasteiger charge is 2.33. The van der Waals surface area contributed by atoms with Crippen LogP contribution in [0.5, 0.6) is 0 Å². The molecule has 2 aromatic carbocycles. The van der Waals surface area contributed by atoms with E-state index in [1.54, 1.807) is 18.3 Å². The van der Waals surface area contributed by atoms with E-state index in [0.29, 0.717) is 11.6 Å². The molecule has 0 aliphatic heterocycles. The summed E-state index contributed by atoms with van der Waals surface area (Å²) < 4.78 is 66.3. The Kier molecular flexibility index (Phi) is 4.50. The maximum absolute atomic E-state index is 12.9. The molecular formula is C15H9BrClF3N2O2S. The fraction of sp³-hybridized carbons (Fsp3) is 0.0667. The molecule has 2 N–H and O–H groups in total. The van der Waals surface area contributed by atoms with Crippen LogP contribution in [0.15, 0.2) is 52.0 Å². The minimum absolute atomic E-state index is 0.106. The molecule has 3 rings (SSSR count). The van der Waals surface area contributed by atoms with Crippen molar-refractivity contribution in [1.29, 1.82) is 0 Å². The molecule has 132 valence electrons. The highest BCUT2D eigenvalue weighted by Crippen LogP contribution is 2.37. The number of hydrogen-bond donors (Lipinski definition) is 2. The predicted molar refractivity (Wildman–Crippen MR) is 93.3 cm³/mol. The molecule has 0 saturated carbocycles. The molecule has 0 unspecified atom stereocenters. The monoisotopic (exact) mass is 452 g/mol. The van der Waals surface area contributed by atoms with Crippen molar-refractivity contribution in [3.8, 4) is 0 Å². The van der Waals surface area contributed by atoms with Gasteiger partial charge in [0, 0.05) is 27.3 Å². The maximum atomic E-state index is 12.9. The molecule has 0 bridgehead atoms. The van der Waals surface area contributed by atoms with Gasteiger partial charge in [-0.2, -0.15) is 13.2 Å². The molecule has 0 radical (unpaired) electrons. The van der Waals surface area contributed by atoms with Crippen molar-refractivity contribution < 1.29 is 21.6 Å². The molecule has 1 heterocycles. The number of aromatic amines is 1. The van der Waals surface area contributed by atoms with Crippen molar-refractivity contribution >= 4 is 54.1 Å². The van der Waals surface area contributed by atoms with Gasteiger partial charge in [0.1, 0.15) is 4.90 Å². The molecule has 0 atom stereocenters. The summed E-state index contributed by atoms with van der Waals surface area (Å²) in [5.41, 5.74) is -0.779. The van der Waals surface area contributed by atoms with E-state index >= 15 is 0 Å². The van der Waals surface area contributed by atoms with Crippen molar-refractivity contribution in [2.24, 2.45) is 0 Å². The Morgan fingerprint density at radius 1 is 1.12 bits per heavy atom. The molecule has 1 aromatic heterocycles. The van der Waals surface area contributed by atoms with Gasteiger partial charge in [0.2, 0.25) is 0 Å². The van der Waals surface area contributed by atoms with Gasteiger partial charge < -0.3 is 4.98 Å². The smallest absolute Gasteiger partial charge is 0.361 e. The van der Waals surface area contributed by atoms with E-state index in [-0.39, 0.29) is 15.1 Å². The van der Waals surface area contributed by atoms with Crippen LogP contribution in [0.2, 0.25) is 5.02 Å². The third-order valence-electron chi connectivity index (χ3n) is 3.42. The van der Waals surface area contributed by atoms with Gasteiger partial charge in [0.05, 0.1) is 10.6 Å². The Morgan fingerprint density at radius 2 is 1.84 bits per heavy atom. The molecule has 0 fully saturated rings. The Labute approximate surface area is 154 Å². The van der Waals surface area contributed by atoms with Gasteiger partial charge in [-0.05, 0) is 52.3 Å². The van der Waals surface area contributed by atoms with Gasteiger partial charge in [-0.15, -0.1) is 0 Å². The Bertz CT molecular complexity index is 1060. The summed E-state index contributed by atoms with van der Waals surface area (Å²) in [6.07, 6.45) is -3.04. The third kappa shape index (κ3) is 3.63. The van der Waals surface area contributed by atoms with Crippen molar-refractivity contribution in [3.05, 3.63) is 57.7 Å². The average Bonchev–Trinajstić information content (AvgIpc) is 2.94. The van der Waals surface area contributed by atoms with Crippen LogP contribution in [0.3, 0.4) is 0 Å². The second-order valence-corrected chi connectivity index (χ2v) is 8.06. The second kappa shape index (κ2) is 6.22. The number of nitrogens with one attached hydrogen (secondary N) is 2. The first kappa shape index (κ1) is 18.1. The number of H-pyrrole nitrogens is 1. The molecule has 0 saturated heterocycles. The summed E-state index contributed by atoms with van der Waals surface area (Å²) in [4.78, 5) is 2.77. The molecular weight excluding hydrogens is 445 g/mol. The molecule has 25 heavy (non-hydrogen) atoms. The van der Waals surface area contributed by atoms with Crippen molar-refractivity contribution in [1.82, 2.24) is 4.98 Å². The van der Waals surface area contributed by atoms with Gasteiger partial charge in [-0.3, -0.25) is 4.72 Å². The quantitative estimate of drug-likeness (QED) is 0.557. The summed E-state index contributed by atoms with van der Waals surface area (Å²) in [6.45, 7) is 0. The van der Waals surface area contributed by atoms with Crippen LogP contribution in [-0.2, 0) is 16.2 Å². The number of benzene rings is 2. The highest BCUT2D eigenvalue weighted by molar-refractivity contribution is 9.10. The zero-order chi connectivity index (χ0) is 18.4. The Hall–Kier alpha value is -1.71. The number of hydrogen-bond acceptors (Lipinski definition) is 2. The van der Waals surface area contributed by atoms with E-state index in [0.717, 1.165) is 17.5 Å². The molecule has 0 spiro atoms. The van der Waals surface area contributed by atoms with Crippen molar-refractivity contribution in [2.75, 3.05) is 4.72 Å². The minimum atomic E-state index is -4.69. The van der Waals surface area contributed by atoms with E-state index in [2.05, 4.69) is 25.6 Å². The van der Waals surface area contributed by atoms with Crippen LogP contribution < -0.4 is 4.72 Å². The summed E-state index contributed by atoms with van der Waals surface area (Å²) in [5, 5.41) is 0.279. The van der Waals surface area contributed by atoms with Crippen LogP contribution in [0.4, 0.5) is 18.9 Å². The van der Waals surface area contributed by atoms with E-state index in [4.69, 9.17) is 11.6 Å². The predicted octanol–water partition coefficient (Wildman–Crippen LogP) is 5.40. The SMILES string of the molecule is O=S(=O)(Nc1ccc(Cl)c(C(F)(F)F)c1)c1cc2[nH]ccc2cc1Br. The number of anilines is 1. The van der Waals surface area contributed by atoms with Gasteiger partial charge in [-0.1, -0.05) is 11.6 Å². The number of rotatable bonds is 3. The topological polar surface area (TPSA) is 62.0 Å². The Balaban J connectivity index is 2.02. The number of aromatic nitrogens is 1. The summed E-state index contributed by atoms with van der Waals surface area (Å²) >= 11 is 8.71. The summed E-state index contributed by atoms with van der Waals surface area (Å²) in [5.74, 6) is 0. The second-order valence-electron chi connectivity index (χ2n) is 5.15. The van der Waals surface area contributed by atoms with Crippen LogP contribution in [0.1, 0.15) is 5.56 Å². The lowest BCUT2D eigenvalue weighted by Gasteiger charge is -2.13. The average molecular weight is 454 g/mol. The highest BCUT2D eigenvalue weighted by atomic mass is 79.9. The van der Waals surface area contributed by atoms with E-state index < -0.39 is 26.8 Å². The molecule has 10 heteroatoms. The third-order valence-corrected chi connectivity index (χ3v) is 6.09. The van der Waals surface area contributed by atoms with Gasteiger partial charge in [0.25, 0.3) is 10.0 Å². The maximum Gasteiger partial charge on any atom is 0.417 e. The van der Waals surface area contributed by atoms with Gasteiger partial charge >= 0.3 is 6.18 Å². The van der Waals surface area contributed by atoms with Crippen molar-refractivity contribution in [2.45, 2.75) is 11.1 Å². The first-order valence-electron chi connectivity index (χ1n) is 6.74. The zero-order valence-corrected chi connectivity index (χ0v) is 15.3. The van der Waals surface area contributed by atoms with Crippen LogP contribution in [0.25, 0.3) is 10.9 Å². The standard InChI is InChI=1S/C15H9BrClF3N2O2S/c16-11-5-8-3-4-21-13(8)7-14(11)25(23,24)22-9-1-2-12(17)10(6-9)15(18,19)20/h1-7,21-22H. The lowest BCUT2D eigenvalue weighted by Crippen LogP contribution is -2.15. The lowest BCUT2D eigenvalue weighted by molar-refractivity contribution is -0.137. The number of sulfonamides is 1. The normalized spacial score (nSPS) is 12.5. The molecule has 0 aliphatic carbocycles. The number of halogens is 5. The van der Waals surface area contributed by atoms with Crippen molar-refractivity contribution in [3.63, 3.8) is 0 Å². The first-order chi connectivity index (χ1) is 11.6. The number of alkyl halides is 3. The fourth-order valence-electron chi connectivity index (χ4n) is 2.27. The minimum Gasteiger partial charge on any atom is -0.361 e. The summed E-state index contributed by atoms with van der Waals surface area (Å²) in [7, 11) is -4.12. The van der Waals surface area contributed by atoms with Crippen LogP contribution in [-0.4, -0.2) is 13.4 Å². The van der Waals surface area contributed by atoms with Gasteiger partial charge in [0.15, 0.2) is 0 Å². The molecule has 3 aromatic rings. The van der Waals surface area contributed by atoms with Crippen LogP contribution >= 0.6 is 27.5 Å². The zero-order valence-electron chi connectivity index (χ0n) is 12.2. The van der Waals surface area contributed by atoms with E-state index in [9.17, 15) is 21.6 Å². The molecule has 0 amide bonds. The van der Waals surface area contributed by atoms with Crippen LogP contribution in [0, 0.1) is 0 Å². The molecule has 0 aliphatic rings. The lowest BCUT2D eigenvalue weighted by atomic mass is 10.2. The van der Waals surface area contributed by atoms with E-state index in [1.807, 2.05) is 0 Å². The first-order valence-corrected chi connectivity index (χ1v) is 9.39. The Morgan fingerprint density at radius 3 is 2.52 bits per heavy atom. The fourth-order valence-corrected chi connectivity index (χ4v) is 4.64. The largest absolute Gasteiger partial charge is 0.417 e. The number of fused-ring (bicyclic) bond motifs is 1. The molecule has 4 nitrogen and oxygen atoms in total. The summed E-state index contributed by atoms with van der Waals surface area (Å²) in [6, 6.07) is 7.56. The van der Waals surface area contributed by atoms with E-state index in [1.165, 1.54) is 6.07 Å². The van der Waals surface area contributed by atoms with Gasteiger partial charge in [-0.25, -0.2) is 8.42 Å².